The van der Waals surface area contributed by atoms with E-state index in [0.29, 0.717) is 12.0 Å². The van der Waals surface area contributed by atoms with Gasteiger partial charge >= 0.3 is 0 Å². The summed E-state index contributed by atoms with van der Waals surface area (Å²) in [6, 6.07) is 2.33. The van der Waals surface area contributed by atoms with Gasteiger partial charge in [-0.1, -0.05) is 0 Å². The minimum Gasteiger partial charge on any atom is -0.379 e. The number of morpholine rings is 1. The first-order valence-corrected chi connectivity index (χ1v) is 7.29. The molecule has 1 aromatic heterocycles. The van der Waals surface area contributed by atoms with Crippen LogP contribution in [-0.4, -0.2) is 60.3 Å². The van der Waals surface area contributed by atoms with Gasteiger partial charge in [-0.3, -0.25) is 4.90 Å². The zero-order chi connectivity index (χ0) is 14.4. The van der Waals surface area contributed by atoms with Crippen LogP contribution in [0.3, 0.4) is 0 Å². The normalized spacial score (nSPS) is 16.4. The van der Waals surface area contributed by atoms with E-state index in [2.05, 4.69) is 39.3 Å². The van der Waals surface area contributed by atoms with Crippen LogP contribution in [0.4, 0.5) is 11.8 Å². The molecular weight excluding hydrogens is 254 g/mol. The van der Waals surface area contributed by atoms with E-state index in [1.54, 1.807) is 0 Å². The van der Waals surface area contributed by atoms with Crippen molar-refractivity contribution in [2.75, 3.05) is 50.0 Å². The molecule has 0 saturated carbocycles. The summed E-state index contributed by atoms with van der Waals surface area (Å²) < 4.78 is 5.34. The summed E-state index contributed by atoms with van der Waals surface area (Å²) >= 11 is 0. The van der Waals surface area contributed by atoms with Gasteiger partial charge in [-0.2, -0.15) is 4.98 Å². The summed E-state index contributed by atoms with van der Waals surface area (Å²) in [4.78, 5) is 11.3. The van der Waals surface area contributed by atoms with Gasteiger partial charge in [0.1, 0.15) is 5.82 Å². The monoisotopic (exact) mass is 279 g/mol. The highest BCUT2D eigenvalue weighted by atomic mass is 16.5. The summed E-state index contributed by atoms with van der Waals surface area (Å²) in [5.41, 5.74) is 0.969. The zero-order valence-electron chi connectivity index (χ0n) is 12.6. The first-order valence-electron chi connectivity index (χ1n) is 7.29. The number of aryl methyl sites for hydroxylation is 1. The number of anilines is 2. The predicted octanol–water partition coefficient (Wildman–Crippen LogP) is 1.35. The van der Waals surface area contributed by atoms with Crippen LogP contribution in [0.5, 0.6) is 0 Å². The fourth-order valence-electron chi connectivity index (χ4n) is 2.17. The molecule has 0 radical (unpaired) electrons. The highest BCUT2D eigenvalue weighted by Gasteiger charge is 2.10. The van der Waals surface area contributed by atoms with E-state index in [9.17, 15) is 0 Å². The molecule has 1 aromatic rings. The summed E-state index contributed by atoms with van der Waals surface area (Å²) in [5.74, 6) is 1.57. The maximum Gasteiger partial charge on any atom is 0.224 e. The zero-order valence-corrected chi connectivity index (χ0v) is 12.6. The Morgan fingerprint density at radius 3 is 2.75 bits per heavy atom. The largest absolute Gasteiger partial charge is 0.379 e. The molecule has 20 heavy (non-hydrogen) atoms. The standard InChI is InChI=1S/C14H25N5O/c1-11(2)16-13-10-12(3)17-14(18-13)15-4-5-19-6-8-20-9-7-19/h10-11H,4-9H2,1-3H3,(H2,15,16,17,18). The Balaban J connectivity index is 1.83. The van der Waals surface area contributed by atoms with Crippen LogP contribution in [0, 0.1) is 6.92 Å². The fourth-order valence-corrected chi connectivity index (χ4v) is 2.17. The van der Waals surface area contributed by atoms with E-state index in [1.807, 2.05) is 13.0 Å². The Morgan fingerprint density at radius 1 is 1.30 bits per heavy atom. The van der Waals surface area contributed by atoms with Crippen molar-refractivity contribution in [3.05, 3.63) is 11.8 Å². The van der Waals surface area contributed by atoms with Crippen LogP contribution in [0.1, 0.15) is 19.5 Å². The van der Waals surface area contributed by atoms with Gasteiger partial charge in [0.05, 0.1) is 13.2 Å². The van der Waals surface area contributed by atoms with Gasteiger partial charge in [0.2, 0.25) is 5.95 Å². The quantitative estimate of drug-likeness (QED) is 0.819. The van der Waals surface area contributed by atoms with Crippen molar-refractivity contribution in [3.63, 3.8) is 0 Å². The summed E-state index contributed by atoms with van der Waals surface area (Å²) in [6.07, 6.45) is 0. The van der Waals surface area contributed by atoms with Gasteiger partial charge in [0.25, 0.3) is 0 Å². The Bertz CT molecular complexity index is 418. The van der Waals surface area contributed by atoms with E-state index < -0.39 is 0 Å². The number of hydrogen-bond acceptors (Lipinski definition) is 6. The maximum absolute atomic E-state index is 5.34. The number of nitrogens with one attached hydrogen (secondary N) is 2. The number of aromatic nitrogens is 2. The Hall–Kier alpha value is -1.40. The van der Waals surface area contributed by atoms with Crippen LogP contribution in [0.2, 0.25) is 0 Å². The molecule has 112 valence electrons. The lowest BCUT2D eigenvalue weighted by Crippen LogP contribution is -2.39. The lowest BCUT2D eigenvalue weighted by molar-refractivity contribution is 0.0398. The molecule has 0 aliphatic carbocycles. The SMILES string of the molecule is Cc1cc(NC(C)C)nc(NCCN2CCOCC2)n1. The topological polar surface area (TPSA) is 62.3 Å². The van der Waals surface area contributed by atoms with E-state index in [-0.39, 0.29) is 0 Å². The molecule has 2 N–H and O–H groups in total. The van der Waals surface area contributed by atoms with Gasteiger partial charge in [0.15, 0.2) is 0 Å². The third-order valence-corrected chi connectivity index (χ3v) is 3.11. The third kappa shape index (κ3) is 4.94. The van der Waals surface area contributed by atoms with Crippen molar-refractivity contribution >= 4 is 11.8 Å². The molecule has 0 aromatic carbocycles. The smallest absolute Gasteiger partial charge is 0.224 e. The molecule has 0 spiro atoms. The van der Waals surface area contributed by atoms with Crippen molar-refractivity contribution in [1.82, 2.24) is 14.9 Å². The maximum atomic E-state index is 5.34. The highest BCUT2D eigenvalue weighted by Crippen LogP contribution is 2.10. The molecule has 1 fully saturated rings. The second-order valence-corrected chi connectivity index (χ2v) is 5.40. The number of hydrogen-bond donors (Lipinski definition) is 2. The lowest BCUT2D eigenvalue weighted by Gasteiger charge is -2.26. The minimum absolute atomic E-state index is 0.366. The van der Waals surface area contributed by atoms with Gasteiger partial charge in [-0.15, -0.1) is 0 Å². The molecule has 0 atom stereocenters. The molecule has 0 bridgehead atoms. The second kappa shape index (κ2) is 7.40. The summed E-state index contributed by atoms with van der Waals surface area (Å²) in [6.45, 7) is 11.7. The van der Waals surface area contributed by atoms with Crippen LogP contribution < -0.4 is 10.6 Å². The lowest BCUT2D eigenvalue weighted by atomic mass is 10.3. The average Bonchev–Trinajstić information content (AvgIpc) is 2.38. The van der Waals surface area contributed by atoms with Crippen molar-refractivity contribution in [2.45, 2.75) is 26.8 Å². The first kappa shape index (κ1) is 15.0. The molecule has 6 nitrogen and oxygen atoms in total. The molecule has 0 amide bonds. The van der Waals surface area contributed by atoms with E-state index >= 15 is 0 Å². The van der Waals surface area contributed by atoms with E-state index in [1.165, 1.54) is 0 Å². The van der Waals surface area contributed by atoms with Crippen molar-refractivity contribution in [1.29, 1.82) is 0 Å². The van der Waals surface area contributed by atoms with Crippen LogP contribution >= 0.6 is 0 Å². The molecule has 0 unspecified atom stereocenters. The fraction of sp³-hybridized carbons (Fsp3) is 0.714. The van der Waals surface area contributed by atoms with Crippen LogP contribution in [0.25, 0.3) is 0 Å². The molecule has 1 aliphatic rings. The molecule has 1 aliphatic heterocycles. The Kier molecular flexibility index (Phi) is 5.55. The molecule has 2 rings (SSSR count). The van der Waals surface area contributed by atoms with Crippen molar-refractivity contribution in [2.24, 2.45) is 0 Å². The minimum atomic E-state index is 0.366. The van der Waals surface area contributed by atoms with Gasteiger partial charge < -0.3 is 15.4 Å². The number of ether oxygens (including phenoxy) is 1. The van der Waals surface area contributed by atoms with Crippen molar-refractivity contribution < 1.29 is 4.74 Å². The number of rotatable bonds is 6. The predicted molar refractivity (Wildman–Crippen MR) is 81.3 cm³/mol. The highest BCUT2D eigenvalue weighted by molar-refractivity contribution is 5.42. The van der Waals surface area contributed by atoms with Crippen molar-refractivity contribution in [3.8, 4) is 0 Å². The molecular formula is C14H25N5O. The first-order chi connectivity index (χ1) is 9.63. The summed E-state index contributed by atoms with van der Waals surface area (Å²) in [5, 5.41) is 6.61. The molecule has 2 heterocycles. The second-order valence-electron chi connectivity index (χ2n) is 5.40. The Labute approximate surface area is 120 Å². The van der Waals surface area contributed by atoms with Crippen LogP contribution in [-0.2, 0) is 4.74 Å². The number of nitrogens with zero attached hydrogens (tertiary/aromatic N) is 3. The Morgan fingerprint density at radius 2 is 2.05 bits per heavy atom. The van der Waals surface area contributed by atoms with Crippen LogP contribution in [0.15, 0.2) is 6.07 Å². The molecule has 1 saturated heterocycles. The third-order valence-electron chi connectivity index (χ3n) is 3.11. The average molecular weight is 279 g/mol. The summed E-state index contributed by atoms with van der Waals surface area (Å²) in [7, 11) is 0. The van der Waals surface area contributed by atoms with E-state index in [0.717, 1.165) is 50.9 Å². The molecule has 6 heteroatoms. The van der Waals surface area contributed by atoms with E-state index in [4.69, 9.17) is 4.74 Å². The van der Waals surface area contributed by atoms with Gasteiger partial charge in [0, 0.05) is 44.0 Å². The van der Waals surface area contributed by atoms with Gasteiger partial charge in [-0.05, 0) is 20.8 Å². The van der Waals surface area contributed by atoms with Gasteiger partial charge in [-0.25, -0.2) is 4.98 Å².